The molecule has 6 nitrogen and oxygen atoms in total. The summed E-state index contributed by atoms with van der Waals surface area (Å²) in [4.78, 5) is 16.3. The number of hydrogen-bond donors (Lipinski definition) is 1. The number of nitrogens with one attached hydrogen (secondary N) is 1. The lowest BCUT2D eigenvalue weighted by molar-refractivity contribution is 0.102. The van der Waals surface area contributed by atoms with Crippen molar-refractivity contribution in [2.75, 3.05) is 26.6 Å². The van der Waals surface area contributed by atoms with E-state index in [2.05, 4.69) is 10.3 Å². The molecule has 0 saturated heterocycles. The van der Waals surface area contributed by atoms with Crippen LogP contribution in [0.3, 0.4) is 0 Å². The topological polar surface area (TPSA) is 69.7 Å². The van der Waals surface area contributed by atoms with Gasteiger partial charge in [0.05, 0.1) is 38.2 Å². The maximum atomic E-state index is 12.3. The fourth-order valence-corrected chi connectivity index (χ4v) is 2.12. The molecule has 0 spiro atoms. The molecule has 0 aliphatic heterocycles. The van der Waals surface area contributed by atoms with Crippen LogP contribution in [0.15, 0.2) is 30.5 Å². The van der Waals surface area contributed by atoms with Gasteiger partial charge in [-0.3, -0.25) is 4.79 Å². The molecule has 2 aromatic rings. The standard InChI is InChI=1S/C15H15ClN2O4/c1-20-12-7-9(6-11(16)14(12)22-3)15(19)18-10-4-5-13(21-2)17-8-10/h4-8H,1-3H3,(H,18,19). The third kappa shape index (κ3) is 3.40. The number of aromatic nitrogens is 1. The molecule has 2 rings (SSSR count). The Balaban J connectivity index is 2.23. The number of ether oxygens (including phenoxy) is 3. The first-order valence-electron chi connectivity index (χ1n) is 6.32. The van der Waals surface area contributed by atoms with E-state index in [0.717, 1.165) is 0 Å². The maximum absolute atomic E-state index is 12.3. The molecule has 1 aromatic carbocycles. The average molecular weight is 323 g/mol. The summed E-state index contributed by atoms with van der Waals surface area (Å²) in [5.74, 6) is 0.891. The lowest BCUT2D eigenvalue weighted by Crippen LogP contribution is -2.12. The van der Waals surface area contributed by atoms with Crippen molar-refractivity contribution < 1.29 is 19.0 Å². The second kappa shape index (κ2) is 7.00. The molecule has 116 valence electrons. The van der Waals surface area contributed by atoms with E-state index < -0.39 is 0 Å². The van der Waals surface area contributed by atoms with Crippen LogP contribution < -0.4 is 19.5 Å². The molecule has 1 amide bonds. The molecule has 1 N–H and O–H groups in total. The monoisotopic (exact) mass is 322 g/mol. The van der Waals surface area contributed by atoms with E-state index in [1.54, 1.807) is 18.2 Å². The van der Waals surface area contributed by atoms with Gasteiger partial charge in [-0.25, -0.2) is 4.98 Å². The number of amides is 1. The van der Waals surface area contributed by atoms with E-state index in [0.29, 0.717) is 33.7 Å². The van der Waals surface area contributed by atoms with Crippen LogP contribution in [0.4, 0.5) is 5.69 Å². The van der Waals surface area contributed by atoms with E-state index in [1.807, 2.05) is 0 Å². The molecular formula is C15H15ClN2O4. The molecule has 0 saturated carbocycles. The molecule has 0 aliphatic rings. The number of halogens is 1. The second-order valence-electron chi connectivity index (χ2n) is 4.24. The molecule has 0 bridgehead atoms. The molecule has 0 radical (unpaired) electrons. The van der Waals surface area contributed by atoms with E-state index in [1.165, 1.54) is 33.6 Å². The molecule has 0 atom stereocenters. The SMILES string of the molecule is COc1ccc(NC(=O)c2cc(Cl)c(OC)c(OC)c2)cn1. The van der Waals surface area contributed by atoms with Gasteiger partial charge in [-0.05, 0) is 18.2 Å². The summed E-state index contributed by atoms with van der Waals surface area (Å²) in [6.45, 7) is 0. The molecule has 7 heteroatoms. The molecule has 1 heterocycles. The van der Waals surface area contributed by atoms with Gasteiger partial charge in [0.25, 0.3) is 5.91 Å². The van der Waals surface area contributed by atoms with Crippen molar-refractivity contribution in [2.45, 2.75) is 0 Å². The molecule has 1 aromatic heterocycles. The highest BCUT2D eigenvalue weighted by atomic mass is 35.5. The van der Waals surface area contributed by atoms with Gasteiger partial charge in [-0.1, -0.05) is 11.6 Å². The number of nitrogens with zero attached hydrogens (tertiary/aromatic N) is 1. The average Bonchev–Trinajstić information content (AvgIpc) is 2.54. The number of methoxy groups -OCH3 is 3. The van der Waals surface area contributed by atoms with Crippen LogP contribution in [0.1, 0.15) is 10.4 Å². The second-order valence-corrected chi connectivity index (χ2v) is 4.64. The van der Waals surface area contributed by atoms with Gasteiger partial charge in [0.2, 0.25) is 5.88 Å². The van der Waals surface area contributed by atoms with Crippen LogP contribution in [0.2, 0.25) is 5.02 Å². The minimum absolute atomic E-state index is 0.292. The van der Waals surface area contributed by atoms with E-state index in [-0.39, 0.29) is 5.91 Å². The third-order valence-corrected chi connectivity index (χ3v) is 3.18. The van der Waals surface area contributed by atoms with Gasteiger partial charge >= 0.3 is 0 Å². The predicted octanol–water partition coefficient (Wildman–Crippen LogP) is 3.01. The Morgan fingerprint density at radius 2 is 1.91 bits per heavy atom. The van der Waals surface area contributed by atoms with Crippen molar-refractivity contribution >= 4 is 23.2 Å². The van der Waals surface area contributed by atoms with Gasteiger partial charge in [0.1, 0.15) is 0 Å². The fraction of sp³-hybridized carbons (Fsp3) is 0.200. The van der Waals surface area contributed by atoms with Crippen molar-refractivity contribution in [1.82, 2.24) is 4.98 Å². The van der Waals surface area contributed by atoms with E-state index >= 15 is 0 Å². The van der Waals surface area contributed by atoms with Gasteiger partial charge < -0.3 is 19.5 Å². The fourth-order valence-electron chi connectivity index (χ4n) is 1.83. The number of pyridine rings is 1. The highest BCUT2D eigenvalue weighted by Crippen LogP contribution is 2.36. The Bertz CT molecular complexity index is 674. The first kappa shape index (κ1) is 15.9. The number of carbonyl (C=O) groups excluding carboxylic acids is 1. The lowest BCUT2D eigenvalue weighted by Gasteiger charge is -2.12. The van der Waals surface area contributed by atoms with Crippen LogP contribution in [-0.2, 0) is 0 Å². The van der Waals surface area contributed by atoms with Crippen LogP contribution in [0, 0.1) is 0 Å². The molecule has 22 heavy (non-hydrogen) atoms. The van der Waals surface area contributed by atoms with E-state index in [4.69, 9.17) is 25.8 Å². The minimum Gasteiger partial charge on any atom is -0.493 e. The number of anilines is 1. The highest BCUT2D eigenvalue weighted by Gasteiger charge is 2.15. The minimum atomic E-state index is -0.338. The number of hydrogen-bond acceptors (Lipinski definition) is 5. The van der Waals surface area contributed by atoms with Crippen molar-refractivity contribution in [1.29, 1.82) is 0 Å². The first-order valence-corrected chi connectivity index (χ1v) is 6.69. The molecule has 0 fully saturated rings. The lowest BCUT2D eigenvalue weighted by atomic mass is 10.2. The Kier molecular flexibility index (Phi) is 5.06. The highest BCUT2D eigenvalue weighted by molar-refractivity contribution is 6.32. The summed E-state index contributed by atoms with van der Waals surface area (Å²) in [6.07, 6.45) is 1.50. The van der Waals surface area contributed by atoms with Gasteiger partial charge in [0, 0.05) is 11.6 Å². The van der Waals surface area contributed by atoms with Gasteiger partial charge in [0.15, 0.2) is 11.5 Å². The summed E-state index contributed by atoms with van der Waals surface area (Å²) in [5.41, 5.74) is 0.884. The van der Waals surface area contributed by atoms with E-state index in [9.17, 15) is 4.79 Å². The molecular weight excluding hydrogens is 308 g/mol. The van der Waals surface area contributed by atoms with Crippen molar-refractivity contribution in [3.05, 3.63) is 41.0 Å². The number of rotatable bonds is 5. The quantitative estimate of drug-likeness (QED) is 0.916. The zero-order valence-electron chi connectivity index (χ0n) is 12.3. The maximum Gasteiger partial charge on any atom is 0.255 e. The zero-order valence-corrected chi connectivity index (χ0v) is 13.1. The van der Waals surface area contributed by atoms with Gasteiger partial charge in [-0.15, -0.1) is 0 Å². The van der Waals surface area contributed by atoms with Crippen LogP contribution in [-0.4, -0.2) is 32.2 Å². The first-order chi connectivity index (χ1) is 10.6. The Morgan fingerprint density at radius 3 is 2.45 bits per heavy atom. The smallest absolute Gasteiger partial charge is 0.255 e. The largest absolute Gasteiger partial charge is 0.493 e. The number of benzene rings is 1. The number of carbonyl (C=O) groups is 1. The van der Waals surface area contributed by atoms with Crippen molar-refractivity contribution in [3.8, 4) is 17.4 Å². The zero-order chi connectivity index (χ0) is 16.1. The summed E-state index contributed by atoms with van der Waals surface area (Å²) in [7, 11) is 4.47. The summed E-state index contributed by atoms with van der Waals surface area (Å²) in [6, 6.07) is 6.40. The third-order valence-electron chi connectivity index (χ3n) is 2.90. The van der Waals surface area contributed by atoms with Crippen molar-refractivity contribution in [2.24, 2.45) is 0 Å². The van der Waals surface area contributed by atoms with Crippen LogP contribution in [0.25, 0.3) is 0 Å². The Morgan fingerprint density at radius 1 is 1.14 bits per heavy atom. The normalized spacial score (nSPS) is 10.0. The van der Waals surface area contributed by atoms with Crippen LogP contribution in [0.5, 0.6) is 17.4 Å². The Hall–Kier alpha value is -2.47. The summed E-state index contributed by atoms with van der Waals surface area (Å²) >= 11 is 6.09. The summed E-state index contributed by atoms with van der Waals surface area (Å²) < 4.78 is 15.3. The van der Waals surface area contributed by atoms with Crippen molar-refractivity contribution in [3.63, 3.8) is 0 Å². The molecule has 0 aliphatic carbocycles. The van der Waals surface area contributed by atoms with Gasteiger partial charge in [-0.2, -0.15) is 0 Å². The summed E-state index contributed by atoms with van der Waals surface area (Å²) in [5, 5.41) is 3.01. The predicted molar refractivity (Wildman–Crippen MR) is 83.3 cm³/mol. The van der Waals surface area contributed by atoms with Crippen LogP contribution >= 0.6 is 11.6 Å². The molecule has 0 unspecified atom stereocenters. The Labute approximate surface area is 133 Å².